The largest absolute Gasteiger partial charge is 0.490 e. The second kappa shape index (κ2) is 13.1. The van der Waals surface area contributed by atoms with E-state index in [1.165, 1.54) is 0 Å². The number of aryl methyl sites for hydroxylation is 1. The molecule has 0 spiro atoms. The predicted octanol–water partition coefficient (Wildman–Crippen LogP) is 8.29. The number of ether oxygens (including phenoxy) is 3. The molecule has 6 bridgehead atoms. The van der Waals surface area contributed by atoms with E-state index in [0.29, 0.717) is 47.4 Å². The number of piperidine rings is 1. The van der Waals surface area contributed by atoms with Crippen molar-refractivity contribution in [3.05, 3.63) is 64.8 Å². The summed E-state index contributed by atoms with van der Waals surface area (Å²) in [4.78, 5) is 19.9. The standard InChI is InChI=1S/C37H45ClN4O5/c1-23-10-7-8-19-45-37(6)15-17-41(18-16-37)34-32(33(35(43)44)47-36(3,4)5)24(2)39-31-22-29(40-42(31)34)26-12-9-11-25(20-26)28-14-13-27(38)21-30(28)46-23/h9,11-14,20-23,33H,7-8,10,15-19H2,1-6H3,(H,43,44)/t23-,33+/m1/s1. The molecule has 7 rings (SSSR count). The third-order valence-corrected chi connectivity index (χ3v) is 9.31. The van der Waals surface area contributed by atoms with E-state index in [0.717, 1.165) is 60.2 Å². The second-order valence-electron chi connectivity index (χ2n) is 14.1. The molecular weight excluding hydrogens is 616 g/mol. The van der Waals surface area contributed by atoms with Gasteiger partial charge in [0.2, 0.25) is 0 Å². The molecule has 0 radical (unpaired) electrons. The summed E-state index contributed by atoms with van der Waals surface area (Å²) in [6, 6.07) is 15.9. The number of fused-ring (bicyclic) bond motifs is 8. The van der Waals surface area contributed by atoms with E-state index in [9.17, 15) is 9.90 Å². The Labute approximate surface area is 281 Å². The highest BCUT2D eigenvalue weighted by Crippen LogP contribution is 2.40. The van der Waals surface area contributed by atoms with Crippen LogP contribution in [0.1, 0.15) is 84.1 Å². The lowest BCUT2D eigenvalue weighted by Crippen LogP contribution is -2.46. The molecule has 1 fully saturated rings. The van der Waals surface area contributed by atoms with Crippen LogP contribution in [-0.4, -0.2) is 62.7 Å². The van der Waals surface area contributed by atoms with Crippen LogP contribution in [0.25, 0.3) is 28.0 Å². The van der Waals surface area contributed by atoms with Crippen molar-refractivity contribution >= 4 is 29.0 Å². The van der Waals surface area contributed by atoms with Crippen molar-refractivity contribution in [1.29, 1.82) is 0 Å². The van der Waals surface area contributed by atoms with Crippen molar-refractivity contribution in [3.63, 3.8) is 0 Å². The van der Waals surface area contributed by atoms with E-state index in [1.807, 2.05) is 64.1 Å². The number of anilines is 1. The summed E-state index contributed by atoms with van der Waals surface area (Å²) in [7, 11) is 0. The van der Waals surface area contributed by atoms with Gasteiger partial charge in [0.1, 0.15) is 11.6 Å². The molecule has 0 aliphatic carbocycles. The average Bonchev–Trinajstić information content (AvgIpc) is 3.43. The van der Waals surface area contributed by atoms with E-state index >= 15 is 0 Å². The molecule has 4 aromatic rings. The Kier molecular flexibility index (Phi) is 9.26. The van der Waals surface area contributed by atoms with E-state index in [1.54, 1.807) is 4.52 Å². The van der Waals surface area contributed by atoms with Crippen LogP contribution < -0.4 is 9.64 Å². The SMILES string of the molecule is Cc1nc2cc3nn2c(c1[C@H](OC(C)(C)C)C(=O)O)N1CCC(C)(CC1)OCCCC[C@@H](C)Oc1cc(Cl)ccc1-c1cccc-3c1. The highest BCUT2D eigenvalue weighted by Gasteiger charge is 2.38. The Morgan fingerprint density at radius 2 is 1.85 bits per heavy atom. The zero-order chi connectivity index (χ0) is 33.5. The van der Waals surface area contributed by atoms with Crippen molar-refractivity contribution in [3.8, 4) is 28.1 Å². The van der Waals surface area contributed by atoms with Gasteiger partial charge in [-0.05, 0) is 103 Å². The zero-order valence-corrected chi connectivity index (χ0v) is 28.9. The molecule has 3 aliphatic rings. The highest BCUT2D eigenvalue weighted by molar-refractivity contribution is 6.30. The fourth-order valence-electron chi connectivity index (χ4n) is 6.60. The van der Waals surface area contributed by atoms with Crippen LogP contribution in [0.15, 0.2) is 48.5 Å². The lowest BCUT2D eigenvalue weighted by atomic mass is 9.92. The first-order valence-corrected chi connectivity index (χ1v) is 16.9. The normalized spacial score (nSPS) is 21.3. The van der Waals surface area contributed by atoms with Crippen molar-refractivity contribution in [2.24, 2.45) is 0 Å². The van der Waals surface area contributed by atoms with Crippen LogP contribution in [0.5, 0.6) is 5.75 Å². The number of hydrogen-bond donors (Lipinski definition) is 1. The van der Waals surface area contributed by atoms with Crippen molar-refractivity contribution in [2.45, 2.75) is 97.1 Å². The van der Waals surface area contributed by atoms with Crippen molar-refractivity contribution < 1.29 is 24.1 Å². The first-order chi connectivity index (χ1) is 22.3. The Morgan fingerprint density at radius 3 is 2.57 bits per heavy atom. The molecule has 2 aromatic heterocycles. The van der Waals surface area contributed by atoms with E-state index in [-0.39, 0.29) is 11.7 Å². The van der Waals surface area contributed by atoms with Crippen LogP contribution in [0.2, 0.25) is 5.02 Å². The molecule has 250 valence electrons. The number of halogens is 1. The molecule has 0 saturated carbocycles. The van der Waals surface area contributed by atoms with Crippen molar-refractivity contribution in [1.82, 2.24) is 14.6 Å². The smallest absolute Gasteiger partial charge is 0.337 e. The maximum atomic E-state index is 12.8. The van der Waals surface area contributed by atoms with Crippen LogP contribution >= 0.6 is 11.6 Å². The number of benzene rings is 2. The van der Waals surface area contributed by atoms with E-state index < -0.39 is 17.7 Å². The summed E-state index contributed by atoms with van der Waals surface area (Å²) in [5, 5.41) is 16.2. The Balaban J connectivity index is 1.53. The summed E-state index contributed by atoms with van der Waals surface area (Å²) < 4.78 is 21.0. The van der Waals surface area contributed by atoms with Gasteiger partial charge in [-0.2, -0.15) is 9.61 Å². The predicted molar refractivity (Wildman–Crippen MR) is 185 cm³/mol. The summed E-state index contributed by atoms with van der Waals surface area (Å²) in [5.74, 6) is 0.376. The Hall–Kier alpha value is -3.66. The summed E-state index contributed by atoms with van der Waals surface area (Å²) in [6.07, 6.45) is 3.19. The Morgan fingerprint density at radius 1 is 1.11 bits per heavy atom. The van der Waals surface area contributed by atoms with Crippen molar-refractivity contribution in [2.75, 3.05) is 24.6 Å². The maximum Gasteiger partial charge on any atom is 0.337 e. The lowest BCUT2D eigenvalue weighted by Gasteiger charge is -2.41. The zero-order valence-electron chi connectivity index (χ0n) is 28.2. The van der Waals surface area contributed by atoms with Crippen LogP contribution in [0.3, 0.4) is 0 Å². The van der Waals surface area contributed by atoms with E-state index in [4.69, 9.17) is 35.9 Å². The van der Waals surface area contributed by atoms with Crippen LogP contribution in [0.4, 0.5) is 5.82 Å². The number of carboxylic acids is 1. The molecule has 1 saturated heterocycles. The number of carbonyl (C=O) groups is 1. The maximum absolute atomic E-state index is 12.8. The van der Waals surface area contributed by atoms with Gasteiger partial charge in [-0.1, -0.05) is 29.8 Å². The van der Waals surface area contributed by atoms with Crippen LogP contribution in [-0.2, 0) is 14.3 Å². The highest BCUT2D eigenvalue weighted by atomic mass is 35.5. The third-order valence-electron chi connectivity index (χ3n) is 9.08. The fraction of sp³-hybridized carbons (Fsp3) is 0.486. The molecular formula is C37H45ClN4O5. The number of carboxylic acid groups (broad SMARTS) is 1. The monoisotopic (exact) mass is 660 g/mol. The molecule has 9 nitrogen and oxygen atoms in total. The number of nitrogens with zero attached hydrogens (tertiary/aromatic N) is 4. The molecule has 47 heavy (non-hydrogen) atoms. The first-order valence-electron chi connectivity index (χ1n) is 16.6. The molecule has 2 aromatic carbocycles. The fourth-order valence-corrected chi connectivity index (χ4v) is 6.76. The quantitative estimate of drug-likeness (QED) is 0.234. The topological polar surface area (TPSA) is 98.4 Å². The lowest BCUT2D eigenvalue weighted by molar-refractivity contribution is -0.160. The van der Waals surface area contributed by atoms with Gasteiger partial charge < -0.3 is 24.2 Å². The van der Waals surface area contributed by atoms with E-state index in [2.05, 4.69) is 30.9 Å². The minimum atomic E-state index is -1.22. The van der Waals surface area contributed by atoms with Crippen LogP contribution in [0, 0.1) is 6.92 Å². The van der Waals surface area contributed by atoms with Gasteiger partial charge in [0, 0.05) is 47.6 Å². The molecule has 5 heterocycles. The molecule has 0 amide bonds. The van der Waals surface area contributed by atoms with Gasteiger partial charge >= 0.3 is 5.97 Å². The third kappa shape index (κ3) is 7.27. The molecule has 1 N–H and O–H groups in total. The Bertz CT molecular complexity index is 1770. The second-order valence-corrected chi connectivity index (χ2v) is 14.5. The minimum Gasteiger partial charge on any atom is -0.490 e. The summed E-state index contributed by atoms with van der Waals surface area (Å²) in [6.45, 7) is 13.8. The summed E-state index contributed by atoms with van der Waals surface area (Å²) >= 11 is 6.44. The van der Waals surface area contributed by atoms with Gasteiger partial charge in [-0.15, -0.1) is 0 Å². The molecule has 10 heteroatoms. The molecule has 3 aliphatic heterocycles. The summed E-state index contributed by atoms with van der Waals surface area (Å²) in [5.41, 5.74) is 4.34. The first kappa shape index (κ1) is 33.2. The van der Waals surface area contributed by atoms with Gasteiger partial charge in [0.05, 0.1) is 28.6 Å². The van der Waals surface area contributed by atoms with Gasteiger partial charge in [-0.25, -0.2) is 9.78 Å². The number of aliphatic carboxylic acids is 1. The molecule has 2 atom stereocenters. The van der Waals surface area contributed by atoms with Gasteiger partial charge in [0.15, 0.2) is 11.8 Å². The van der Waals surface area contributed by atoms with Gasteiger partial charge in [-0.3, -0.25) is 0 Å². The average molecular weight is 661 g/mol. The number of rotatable bonds is 3. The number of aromatic nitrogens is 3. The minimum absolute atomic E-state index is 0.0112. The molecule has 0 unspecified atom stereocenters. The van der Waals surface area contributed by atoms with Gasteiger partial charge in [0.25, 0.3) is 0 Å². The number of hydrogen-bond acceptors (Lipinski definition) is 7.